The Hall–Kier alpha value is -1.29. The molecule has 0 aliphatic carbocycles. The first-order valence-electron chi connectivity index (χ1n) is 7.55. The lowest BCUT2D eigenvalue weighted by molar-refractivity contribution is 0.510. The van der Waals surface area contributed by atoms with E-state index in [1.807, 2.05) is 0 Å². The Bertz CT molecular complexity index is 629. The van der Waals surface area contributed by atoms with E-state index < -0.39 is 0 Å². The van der Waals surface area contributed by atoms with E-state index in [0.29, 0.717) is 5.92 Å². The molecule has 4 heteroatoms. The quantitative estimate of drug-likeness (QED) is 0.841. The normalized spacial score (nSPS) is 11.3. The lowest BCUT2D eigenvalue weighted by Gasteiger charge is -2.12. The molecule has 1 aromatic heterocycles. The predicted octanol–water partition coefficient (Wildman–Crippen LogP) is 4.81. The second-order valence-electron chi connectivity index (χ2n) is 5.98. The maximum absolute atomic E-state index is 6.39. The zero-order valence-electron chi connectivity index (χ0n) is 13.3. The highest BCUT2D eigenvalue weighted by Gasteiger charge is 2.16. The van der Waals surface area contributed by atoms with Crippen LogP contribution in [0.4, 0.5) is 5.82 Å². The van der Waals surface area contributed by atoms with Crippen LogP contribution in [0.15, 0.2) is 22.7 Å². The second kappa shape index (κ2) is 6.65. The molecule has 0 bridgehead atoms. The number of rotatable bonds is 5. The van der Waals surface area contributed by atoms with Gasteiger partial charge in [0.05, 0.1) is 0 Å². The number of benzene rings is 1. The fourth-order valence-corrected chi connectivity index (χ4v) is 2.83. The summed E-state index contributed by atoms with van der Waals surface area (Å²) < 4.78 is 3.27. The zero-order chi connectivity index (χ0) is 15.6. The Morgan fingerprint density at radius 3 is 2.62 bits per heavy atom. The Morgan fingerprint density at radius 1 is 1.33 bits per heavy atom. The fraction of sp³-hybridized carbons (Fsp3) is 0.471. The van der Waals surface area contributed by atoms with Gasteiger partial charge in [0.1, 0.15) is 17.3 Å². The van der Waals surface area contributed by atoms with Gasteiger partial charge < -0.3 is 10.3 Å². The van der Waals surface area contributed by atoms with Crippen molar-refractivity contribution >= 4 is 21.7 Å². The van der Waals surface area contributed by atoms with E-state index in [4.69, 9.17) is 10.7 Å². The number of aryl methyl sites for hydroxylation is 2. The maximum Gasteiger partial charge on any atom is 0.131 e. The number of anilines is 1. The minimum atomic E-state index is 0.551. The molecule has 0 saturated heterocycles. The molecular weight excluding hydrogens is 326 g/mol. The van der Waals surface area contributed by atoms with Crippen molar-refractivity contribution in [1.29, 1.82) is 0 Å². The number of halogens is 1. The summed E-state index contributed by atoms with van der Waals surface area (Å²) >= 11 is 3.59. The average Bonchev–Trinajstić information content (AvgIpc) is 2.71. The highest BCUT2D eigenvalue weighted by atomic mass is 79.9. The van der Waals surface area contributed by atoms with Crippen molar-refractivity contribution in [2.45, 2.75) is 47.1 Å². The Morgan fingerprint density at radius 2 is 2.05 bits per heavy atom. The predicted molar refractivity (Wildman–Crippen MR) is 93.3 cm³/mol. The monoisotopic (exact) mass is 349 g/mol. The highest BCUT2D eigenvalue weighted by Crippen LogP contribution is 2.30. The van der Waals surface area contributed by atoms with Crippen LogP contribution < -0.4 is 5.73 Å². The van der Waals surface area contributed by atoms with Gasteiger partial charge in [0.2, 0.25) is 0 Å². The van der Waals surface area contributed by atoms with Gasteiger partial charge >= 0.3 is 0 Å². The Kier molecular flexibility index (Phi) is 5.09. The molecule has 0 amide bonds. The van der Waals surface area contributed by atoms with Crippen LogP contribution in [-0.4, -0.2) is 9.55 Å². The largest absolute Gasteiger partial charge is 0.383 e. The topological polar surface area (TPSA) is 43.8 Å². The molecule has 0 saturated carbocycles. The summed E-state index contributed by atoms with van der Waals surface area (Å²) in [6.07, 6.45) is 2.04. The molecular formula is C17H24BrN3. The first kappa shape index (κ1) is 16.1. The van der Waals surface area contributed by atoms with Gasteiger partial charge in [-0.05, 0) is 30.9 Å². The van der Waals surface area contributed by atoms with Crippen molar-refractivity contribution in [3.63, 3.8) is 0 Å². The van der Waals surface area contributed by atoms with Crippen LogP contribution in [0.2, 0.25) is 0 Å². The summed E-state index contributed by atoms with van der Waals surface area (Å²) in [4.78, 5) is 4.81. The van der Waals surface area contributed by atoms with Gasteiger partial charge in [-0.3, -0.25) is 0 Å². The SMILES string of the molecule is CCCc1nc(-c2ccc(C)c(Br)c2)c(N)n1CC(C)C. The van der Waals surface area contributed by atoms with Crippen molar-refractivity contribution in [2.75, 3.05) is 5.73 Å². The smallest absolute Gasteiger partial charge is 0.131 e. The van der Waals surface area contributed by atoms with Gasteiger partial charge in [0.25, 0.3) is 0 Å². The van der Waals surface area contributed by atoms with Gasteiger partial charge in [-0.1, -0.05) is 48.8 Å². The lowest BCUT2D eigenvalue weighted by atomic mass is 10.1. The van der Waals surface area contributed by atoms with E-state index in [2.05, 4.69) is 66.4 Å². The van der Waals surface area contributed by atoms with Crippen LogP contribution in [0.25, 0.3) is 11.3 Å². The van der Waals surface area contributed by atoms with Crippen LogP contribution in [0.5, 0.6) is 0 Å². The summed E-state index contributed by atoms with van der Waals surface area (Å²) in [7, 11) is 0. The average molecular weight is 350 g/mol. The van der Waals surface area contributed by atoms with Crippen LogP contribution in [0.1, 0.15) is 38.6 Å². The number of imidazole rings is 1. The van der Waals surface area contributed by atoms with Gasteiger partial charge in [0, 0.05) is 23.0 Å². The van der Waals surface area contributed by atoms with E-state index in [0.717, 1.165) is 46.8 Å². The molecule has 2 aromatic rings. The summed E-state index contributed by atoms with van der Waals surface area (Å²) in [5.74, 6) is 2.42. The van der Waals surface area contributed by atoms with E-state index in [-0.39, 0.29) is 0 Å². The Balaban J connectivity index is 2.50. The van der Waals surface area contributed by atoms with Crippen LogP contribution in [0, 0.1) is 12.8 Å². The third-order valence-corrected chi connectivity index (χ3v) is 4.41. The number of hydrogen-bond donors (Lipinski definition) is 1. The van der Waals surface area contributed by atoms with Crippen LogP contribution in [0.3, 0.4) is 0 Å². The van der Waals surface area contributed by atoms with Crippen LogP contribution in [-0.2, 0) is 13.0 Å². The van der Waals surface area contributed by atoms with Gasteiger partial charge in [-0.15, -0.1) is 0 Å². The minimum Gasteiger partial charge on any atom is -0.383 e. The number of nitrogen functional groups attached to an aromatic ring is 1. The lowest BCUT2D eigenvalue weighted by Crippen LogP contribution is -2.11. The second-order valence-corrected chi connectivity index (χ2v) is 6.83. The van der Waals surface area contributed by atoms with Gasteiger partial charge in [0.15, 0.2) is 0 Å². The van der Waals surface area contributed by atoms with Crippen molar-refractivity contribution in [2.24, 2.45) is 5.92 Å². The molecule has 2 N–H and O–H groups in total. The number of nitrogens with zero attached hydrogens (tertiary/aromatic N) is 2. The minimum absolute atomic E-state index is 0.551. The molecule has 0 atom stereocenters. The Labute approximate surface area is 135 Å². The summed E-state index contributed by atoms with van der Waals surface area (Å²) in [6.45, 7) is 9.58. The molecule has 3 nitrogen and oxygen atoms in total. The van der Waals surface area contributed by atoms with Gasteiger partial charge in [-0.25, -0.2) is 4.98 Å². The summed E-state index contributed by atoms with van der Waals surface area (Å²) in [6, 6.07) is 6.29. The number of aromatic nitrogens is 2. The summed E-state index contributed by atoms with van der Waals surface area (Å²) in [5.41, 5.74) is 9.58. The zero-order valence-corrected chi connectivity index (χ0v) is 14.9. The van der Waals surface area contributed by atoms with E-state index in [9.17, 15) is 0 Å². The third kappa shape index (κ3) is 3.49. The molecule has 0 aliphatic heterocycles. The van der Waals surface area contributed by atoms with Crippen molar-refractivity contribution in [3.8, 4) is 11.3 Å². The molecule has 0 fully saturated rings. The molecule has 0 radical (unpaired) electrons. The van der Waals surface area contributed by atoms with Crippen molar-refractivity contribution in [1.82, 2.24) is 9.55 Å². The first-order chi connectivity index (χ1) is 9.93. The highest BCUT2D eigenvalue weighted by molar-refractivity contribution is 9.10. The summed E-state index contributed by atoms with van der Waals surface area (Å²) in [5, 5.41) is 0. The molecule has 21 heavy (non-hydrogen) atoms. The van der Waals surface area contributed by atoms with Gasteiger partial charge in [-0.2, -0.15) is 0 Å². The van der Waals surface area contributed by atoms with E-state index >= 15 is 0 Å². The standard InChI is InChI=1S/C17H24BrN3/c1-5-6-15-20-16(17(19)21(15)10-11(2)3)13-8-7-12(4)14(18)9-13/h7-9,11H,5-6,10,19H2,1-4H3. The van der Waals surface area contributed by atoms with Crippen molar-refractivity contribution in [3.05, 3.63) is 34.1 Å². The van der Waals surface area contributed by atoms with E-state index in [1.54, 1.807) is 0 Å². The van der Waals surface area contributed by atoms with Crippen LogP contribution >= 0.6 is 15.9 Å². The number of hydrogen-bond acceptors (Lipinski definition) is 2. The molecule has 0 spiro atoms. The molecule has 2 rings (SSSR count). The molecule has 114 valence electrons. The fourth-order valence-electron chi connectivity index (χ4n) is 2.45. The molecule has 0 aliphatic rings. The third-order valence-electron chi connectivity index (χ3n) is 3.55. The maximum atomic E-state index is 6.39. The molecule has 1 heterocycles. The molecule has 0 unspecified atom stereocenters. The number of nitrogens with two attached hydrogens (primary N) is 1. The molecule has 1 aromatic carbocycles. The van der Waals surface area contributed by atoms with Crippen molar-refractivity contribution < 1.29 is 0 Å². The first-order valence-corrected chi connectivity index (χ1v) is 8.34. The van der Waals surface area contributed by atoms with E-state index in [1.165, 1.54) is 5.56 Å².